The lowest BCUT2D eigenvalue weighted by Crippen LogP contribution is -2.02. The average molecular weight is 302 g/mol. The van der Waals surface area contributed by atoms with E-state index in [-0.39, 0.29) is 10.6 Å². The first-order valence-corrected chi connectivity index (χ1v) is 7.04. The van der Waals surface area contributed by atoms with Gasteiger partial charge in [-0.3, -0.25) is 4.21 Å². The number of halogens is 3. The number of hydrogen-bond donors (Lipinski definition) is 1. The largest absolute Gasteiger partial charge is 0.398 e. The maximum absolute atomic E-state index is 13.5. The van der Waals surface area contributed by atoms with E-state index in [0.717, 1.165) is 6.07 Å². The molecule has 0 radical (unpaired) electrons. The van der Waals surface area contributed by atoms with Crippen molar-refractivity contribution in [3.05, 3.63) is 58.6 Å². The number of hydrogen-bond acceptors (Lipinski definition) is 2. The van der Waals surface area contributed by atoms with E-state index in [2.05, 4.69) is 0 Å². The molecule has 2 aromatic rings. The molecule has 0 aliphatic heterocycles. The lowest BCUT2D eigenvalue weighted by atomic mass is 10.2. The second kappa shape index (κ2) is 5.67. The van der Waals surface area contributed by atoms with Crippen molar-refractivity contribution in [2.45, 2.75) is 10.6 Å². The van der Waals surface area contributed by atoms with E-state index < -0.39 is 22.4 Å². The van der Waals surface area contributed by atoms with Crippen LogP contribution in [0.5, 0.6) is 0 Å². The van der Waals surface area contributed by atoms with E-state index in [0.29, 0.717) is 22.3 Å². The van der Waals surface area contributed by atoms with Crippen LogP contribution >= 0.6 is 11.6 Å². The highest BCUT2D eigenvalue weighted by Crippen LogP contribution is 2.23. The molecule has 0 fully saturated rings. The molecule has 2 aromatic carbocycles. The molecule has 100 valence electrons. The molecule has 2 rings (SSSR count). The second-order valence-electron chi connectivity index (χ2n) is 3.91. The van der Waals surface area contributed by atoms with Crippen molar-refractivity contribution >= 4 is 28.1 Å². The van der Waals surface area contributed by atoms with Gasteiger partial charge in [0.05, 0.1) is 21.4 Å². The van der Waals surface area contributed by atoms with Gasteiger partial charge in [0.2, 0.25) is 0 Å². The van der Waals surface area contributed by atoms with Crippen LogP contribution in [0.1, 0.15) is 5.56 Å². The summed E-state index contributed by atoms with van der Waals surface area (Å²) in [6, 6.07) is 7.72. The Bertz CT molecular complexity index is 649. The van der Waals surface area contributed by atoms with Gasteiger partial charge in [0.15, 0.2) is 0 Å². The van der Waals surface area contributed by atoms with Gasteiger partial charge in [0, 0.05) is 16.8 Å². The van der Waals surface area contributed by atoms with E-state index in [4.69, 9.17) is 17.3 Å². The van der Waals surface area contributed by atoms with Crippen molar-refractivity contribution in [2.24, 2.45) is 0 Å². The van der Waals surface area contributed by atoms with Gasteiger partial charge in [-0.05, 0) is 35.9 Å². The minimum absolute atomic E-state index is 0.0228. The van der Waals surface area contributed by atoms with Crippen molar-refractivity contribution in [1.82, 2.24) is 0 Å². The maximum Gasteiger partial charge on any atom is 0.142 e. The van der Waals surface area contributed by atoms with E-state index in [1.165, 1.54) is 6.07 Å². The molecule has 0 aliphatic carbocycles. The zero-order valence-corrected chi connectivity index (χ0v) is 11.3. The third-order valence-electron chi connectivity index (χ3n) is 2.53. The highest BCUT2D eigenvalue weighted by atomic mass is 35.5. The monoisotopic (exact) mass is 301 g/mol. The molecule has 0 bridgehead atoms. The zero-order chi connectivity index (χ0) is 14.0. The Morgan fingerprint density at radius 2 is 1.89 bits per heavy atom. The molecular weight excluding hydrogens is 292 g/mol. The zero-order valence-electron chi connectivity index (χ0n) is 9.70. The standard InChI is InChI=1S/C13H10ClF2NOS/c14-9-1-3-12(17)8(5-9)7-19(18)13-4-2-10(15)6-11(13)16/h1-6H,7,17H2. The van der Waals surface area contributed by atoms with Crippen molar-refractivity contribution in [3.63, 3.8) is 0 Å². The van der Waals surface area contributed by atoms with Crippen LogP contribution in [0.15, 0.2) is 41.3 Å². The Hall–Kier alpha value is -1.46. The average Bonchev–Trinajstić information content (AvgIpc) is 2.33. The highest BCUT2D eigenvalue weighted by molar-refractivity contribution is 7.84. The van der Waals surface area contributed by atoms with Gasteiger partial charge in [-0.1, -0.05) is 11.6 Å². The predicted molar refractivity (Wildman–Crippen MR) is 72.3 cm³/mol. The maximum atomic E-state index is 13.5. The lowest BCUT2D eigenvalue weighted by Gasteiger charge is -2.07. The summed E-state index contributed by atoms with van der Waals surface area (Å²) in [5.41, 5.74) is 6.73. The highest BCUT2D eigenvalue weighted by Gasteiger charge is 2.13. The van der Waals surface area contributed by atoms with Crippen LogP contribution in [-0.2, 0) is 16.6 Å². The molecule has 2 nitrogen and oxygen atoms in total. The summed E-state index contributed by atoms with van der Waals surface area (Å²) >= 11 is 5.82. The second-order valence-corrected chi connectivity index (χ2v) is 5.76. The van der Waals surface area contributed by atoms with E-state index in [1.54, 1.807) is 18.2 Å². The molecule has 1 atom stereocenters. The quantitative estimate of drug-likeness (QED) is 0.882. The Morgan fingerprint density at radius 1 is 1.16 bits per heavy atom. The van der Waals surface area contributed by atoms with Crippen LogP contribution in [0.2, 0.25) is 5.02 Å². The summed E-state index contributed by atoms with van der Waals surface area (Å²) in [5, 5.41) is 0.459. The fourth-order valence-corrected chi connectivity index (χ4v) is 2.96. The molecule has 0 saturated carbocycles. The first kappa shape index (κ1) is 14.0. The van der Waals surface area contributed by atoms with Gasteiger partial charge in [0.1, 0.15) is 11.6 Å². The Morgan fingerprint density at radius 3 is 2.58 bits per heavy atom. The van der Waals surface area contributed by atoms with Crippen LogP contribution in [-0.4, -0.2) is 4.21 Å². The molecule has 19 heavy (non-hydrogen) atoms. The molecular formula is C13H10ClF2NOS. The van der Waals surface area contributed by atoms with Crippen molar-refractivity contribution < 1.29 is 13.0 Å². The number of nitrogens with two attached hydrogens (primary N) is 1. The summed E-state index contributed by atoms with van der Waals surface area (Å²) in [6.45, 7) is 0. The molecule has 0 spiro atoms. The number of anilines is 1. The lowest BCUT2D eigenvalue weighted by molar-refractivity contribution is 0.562. The van der Waals surface area contributed by atoms with Crippen LogP contribution in [0.25, 0.3) is 0 Å². The summed E-state index contributed by atoms with van der Waals surface area (Å²) in [5.74, 6) is -1.52. The summed E-state index contributed by atoms with van der Waals surface area (Å²) in [4.78, 5) is -0.0548. The third-order valence-corrected chi connectivity index (χ3v) is 4.16. The van der Waals surface area contributed by atoms with Gasteiger partial charge in [0.25, 0.3) is 0 Å². The summed E-state index contributed by atoms with van der Waals surface area (Å²) in [6.07, 6.45) is 0. The molecule has 0 heterocycles. The van der Waals surface area contributed by atoms with Crippen LogP contribution in [0.4, 0.5) is 14.5 Å². The molecule has 0 aliphatic rings. The first-order chi connectivity index (χ1) is 8.97. The molecule has 2 N–H and O–H groups in total. The molecule has 1 unspecified atom stereocenters. The minimum Gasteiger partial charge on any atom is -0.398 e. The SMILES string of the molecule is Nc1ccc(Cl)cc1CS(=O)c1ccc(F)cc1F. The fourth-order valence-electron chi connectivity index (χ4n) is 1.58. The van der Waals surface area contributed by atoms with Gasteiger partial charge in [-0.15, -0.1) is 0 Å². The number of rotatable bonds is 3. The third kappa shape index (κ3) is 3.30. The fraction of sp³-hybridized carbons (Fsp3) is 0.0769. The van der Waals surface area contributed by atoms with Crippen LogP contribution in [0.3, 0.4) is 0 Å². The topological polar surface area (TPSA) is 43.1 Å². The van der Waals surface area contributed by atoms with Gasteiger partial charge >= 0.3 is 0 Å². The van der Waals surface area contributed by atoms with Gasteiger partial charge in [-0.25, -0.2) is 8.78 Å². The first-order valence-electron chi connectivity index (χ1n) is 5.34. The molecule has 0 aromatic heterocycles. The Labute approximate surface area is 116 Å². The number of nitrogen functional groups attached to an aromatic ring is 1. The molecule has 0 amide bonds. The van der Waals surface area contributed by atoms with Gasteiger partial charge < -0.3 is 5.73 Å². The van der Waals surface area contributed by atoms with Gasteiger partial charge in [-0.2, -0.15) is 0 Å². The normalized spacial score (nSPS) is 12.4. The summed E-state index contributed by atoms with van der Waals surface area (Å²) < 4.78 is 38.3. The molecule has 0 saturated heterocycles. The van der Waals surface area contributed by atoms with E-state index >= 15 is 0 Å². The van der Waals surface area contributed by atoms with Crippen molar-refractivity contribution in [2.75, 3.05) is 5.73 Å². The minimum atomic E-state index is -1.65. The van der Waals surface area contributed by atoms with Crippen LogP contribution < -0.4 is 5.73 Å². The van der Waals surface area contributed by atoms with Crippen molar-refractivity contribution in [3.8, 4) is 0 Å². The van der Waals surface area contributed by atoms with Crippen molar-refractivity contribution in [1.29, 1.82) is 0 Å². The van der Waals surface area contributed by atoms with Crippen LogP contribution in [0, 0.1) is 11.6 Å². The number of benzene rings is 2. The Balaban J connectivity index is 2.28. The predicted octanol–water partition coefficient (Wildman–Crippen LogP) is 3.51. The smallest absolute Gasteiger partial charge is 0.142 e. The van der Waals surface area contributed by atoms with E-state index in [1.807, 2.05) is 0 Å². The summed E-state index contributed by atoms with van der Waals surface area (Å²) in [7, 11) is -1.65. The van der Waals surface area contributed by atoms with E-state index in [9.17, 15) is 13.0 Å². The Kier molecular flexibility index (Phi) is 4.17. The molecule has 6 heteroatoms.